The van der Waals surface area contributed by atoms with E-state index in [4.69, 9.17) is 14.6 Å². The molecule has 0 amide bonds. The van der Waals surface area contributed by atoms with Gasteiger partial charge in [-0.05, 0) is 37.3 Å². The number of aromatic carboxylic acids is 1. The van der Waals surface area contributed by atoms with Crippen molar-refractivity contribution < 1.29 is 28.9 Å². The average Bonchev–Trinajstić information content (AvgIpc) is 2.61. The van der Waals surface area contributed by atoms with Crippen LogP contribution in [0.2, 0.25) is 0 Å². The van der Waals surface area contributed by atoms with Crippen molar-refractivity contribution in [1.82, 2.24) is 0 Å². The van der Waals surface area contributed by atoms with E-state index in [1.165, 1.54) is 14.2 Å². The van der Waals surface area contributed by atoms with Gasteiger partial charge in [-0.2, -0.15) is 0 Å². The lowest BCUT2D eigenvalue weighted by atomic mass is 10.1. The van der Waals surface area contributed by atoms with Gasteiger partial charge in [0.05, 0.1) is 32.5 Å². The normalized spacial score (nSPS) is 9.33. The van der Waals surface area contributed by atoms with Crippen LogP contribution in [0.3, 0.4) is 0 Å². The molecule has 0 aliphatic carbocycles. The number of carbonyl (C=O) groups excluding carboxylic acids is 1. The minimum atomic E-state index is -0.925. The molecule has 2 rings (SSSR count). The van der Waals surface area contributed by atoms with Crippen LogP contribution in [-0.2, 0) is 4.74 Å². The molecule has 0 heterocycles. The van der Waals surface area contributed by atoms with Crippen LogP contribution in [0.4, 0.5) is 0 Å². The van der Waals surface area contributed by atoms with E-state index in [1.807, 2.05) is 0 Å². The zero-order valence-corrected chi connectivity index (χ0v) is 14.0. The fraction of sp³-hybridized carbons (Fsp3) is 0.222. The number of hydrogen-bond donors (Lipinski definition) is 1. The third kappa shape index (κ3) is 5.01. The second kappa shape index (κ2) is 9.19. The molecule has 0 spiro atoms. The monoisotopic (exact) mass is 332 g/mol. The Morgan fingerprint density at radius 3 is 2.17 bits per heavy atom. The third-order valence-electron chi connectivity index (χ3n) is 3.23. The molecule has 0 unspecified atom stereocenters. The number of methoxy groups -OCH3 is 3. The molecule has 6 heteroatoms. The molecule has 128 valence electrons. The molecule has 0 atom stereocenters. The van der Waals surface area contributed by atoms with E-state index in [0.29, 0.717) is 22.6 Å². The molecule has 0 aromatic heterocycles. The SMILES string of the molecule is COC(=O)c1cccc(OC)c1.COc1cccc(C(=O)O)c1C. The van der Waals surface area contributed by atoms with Gasteiger partial charge in [-0.15, -0.1) is 0 Å². The van der Waals surface area contributed by atoms with Gasteiger partial charge in [0, 0.05) is 5.56 Å². The number of ether oxygens (including phenoxy) is 3. The Morgan fingerprint density at radius 1 is 0.958 bits per heavy atom. The highest BCUT2D eigenvalue weighted by molar-refractivity contribution is 5.90. The van der Waals surface area contributed by atoms with Crippen LogP contribution in [-0.4, -0.2) is 38.4 Å². The summed E-state index contributed by atoms with van der Waals surface area (Å²) in [5.74, 6) is -0.0203. The maximum Gasteiger partial charge on any atom is 0.337 e. The fourth-order valence-electron chi connectivity index (χ4n) is 1.94. The minimum absolute atomic E-state index is 0.286. The highest BCUT2D eigenvalue weighted by atomic mass is 16.5. The second-order valence-electron chi connectivity index (χ2n) is 4.66. The lowest BCUT2D eigenvalue weighted by molar-refractivity contribution is 0.0599. The highest BCUT2D eigenvalue weighted by Crippen LogP contribution is 2.20. The first-order valence-electron chi connectivity index (χ1n) is 7.03. The van der Waals surface area contributed by atoms with Gasteiger partial charge in [0.2, 0.25) is 0 Å². The van der Waals surface area contributed by atoms with E-state index in [2.05, 4.69) is 4.74 Å². The lowest BCUT2D eigenvalue weighted by Crippen LogP contribution is -2.00. The smallest absolute Gasteiger partial charge is 0.337 e. The molecule has 6 nitrogen and oxygen atoms in total. The first-order valence-corrected chi connectivity index (χ1v) is 7.03. The largest absolute Gasteiger partial charge is 0.497 e. The minimum Gasteiger partial charge on any atom is -0.497 e. The maximum absolute atomic E-state index is 11.0. The van der Waals surface area contributed by atoms with E-state index in [9.17, 15) is 9.59 Å². The number of esters is 1. The Kier molecular flexibility index (Phi) is 7.29. The summed E-state index contributed by atoms with van der Waals surface area (Å²) >= 11 is 0. The van der Waals surface area contributed by atoms with Crippen LogP contribution in [0.15, 0.2) is 42.5 Å². The van der Waals surface area contributed by atoms with Crippen molar-refractivity contribution in [3.8, 4) is 11.5 Å². The van der Waals surface area contributed by atoms with E-state index < -0.39 is 5.97 Å². The predicted octanol–water partition coefficient (Wildman–Crippen LogP) is 3.18. The molecule has 0 saturated heterocycles. The van der Waals surface area contributed by atoms with E-state index >= 15 is 0 Å². The number of rotatable bonds is 4. The van der Waals surface area contributed by atoms with Gasteiger partial charge in [0.1, 0.15) is 11.5 Å². The van der Waals surface area contributed by atoms with Gasteiger partial charge >= 0.3 is 11.9 Å². The van der Waals surface area contributed by atoms with Crippen molar-refractivity contribution in [3.63, 3.8) is 0 Å². The summed E-state index contributed by atoms with van der Waals surface area (Å²) in [6.45, 7) is 1.72. The summed E-state index contributed by atoms with van der Waals surface area (Å²) in [6, 6.07) is 11.8. The maximum atomic E-state index is 11.0. The predicted molar refractivity (Wildman–Crippen MR) is 89.0 cm³/mol. The summed E-state index contributed by atoms with van der Waals surface area (Å²) in [5, 5.41) is 8.73. The molecule has 24 heavy (non-hydrogen) atoms. The van der Waals surface area contributed by atoms with E-state index in [-0.39, 0.29) is 11.5 Å². The summed E-state index contributed by atoms with van der Waals surface area (Å²) in [4.78, 5) is 21.6. The summed E-state index contributed by atoms with van der Waals surface area (Å²) in [5.41, 5.74) is 1.44. The lowest BCUT2D eigenvalue weighted by Gasteiger charge is -2.05. The molecule has 0 aliphatic rings. The Balaban J connectivity index is 0.000000240. The molecule has 0 radical (unpaired) electrons. The van der Waals surface area contributed by atoms with Crippen molar-refractivity contribution in [2.24, 2.45) is 0 Å². The van der Waals surface area contributed by atoms with Gasteiger partial charge in [-0.25, -0.2) is 9.59 Å². The van der Waals surface area contributed by atoms with Gasteiger partial charge in [0.25, 0.3) is 0 Å². The first-order chi connectivity index (χ1) is 11.4. The zero-order chi connectivity index (χ0) is 18.1. The van der Waals surface area contributed by atoms with Crippen molar-refractivity contribution >= 4 is 11.9 Å². The number of carbonyl (C=O) groups is 2. The molecule has 0 saturated carbocycles. The van der Waals surface area contributed by atoms with Crippen LogP contribution in [0, 0.1) is 6.92 Å². The summed E-state index contributed by atoms with van der Waals surface area (Å²) in [7, 11) is 4.42. The van der Waals surface area contributed by atoms with Crippen LogP contribution >= 0.6 is 0 Å². The summed E-state index contributed by atoms with van der Waals surface area (Å²) in [6.07, 6.45) is 0. The molecule has 2 aromatic rings. The van der Waals surface area contributed by atoms with E-state index in [1.54, 1.807) is 56.5 Å². The van der Waals surface area contributed by atoms with Gasteiger partial charge in [0.15, 0.2) is 0 Å². The highest BCUT2D eigenvalue weighted by Gasteiger charge is 2.09. The van der Waals surface area contributed by atoms with Crippen LogP contribution in [0.25, 0.3) is 0 Å². The number of carboxylic acid groups (broad SMARTS) is 1. The van der Waals surface area contributed by atoms with Crippen molar-refractivity contribution in [1.29, 1.82) is 0 Å². The number of benzene rings is 2. The number of carboxylic acids is 1. The van der Waals surface area contributed by atoms with Crippen LogP contribution in [0.5, 0.6) is 11.5 Å². The molecule has 0 fully saturated rings. The molecule has 0 bridgehead atoms. The Labute approximate surface area is 140 Å². The topological polar surface area (TPSA) is 82.1 Å². The molecule has 2 aromatic carbocycles. The number of hydrogen-bond acceptors (Lipinski definition) is 5. The first kappa shape index (κ1) is 19.0. The van der Waals surface area contributed by atoms with Crippen molar-refractivity contribution in [3.05, 3.63) is 59.2 Å². The standard InChI is InChI=1S/2C9H10O3/c1-11-8-5-3-4-7(6-8)9(10)12-2;1-6-7(9(10)11)4-3-5-8(6)12-2/h3-6H,1-2H3;3-5H,1-2H3,(H,10,11). The third-order valence-corrected chi connectivity index (χ3v) is 3.23. The van der Waals surface area contributed by atoms with E-state index in [0.717, 1.165) is 0 Å². The van der Waals surface area contributed by atoms with Gasteiger partial charge < -0.3 is 19.3 Å². The zero-order valence-electron chi connectivity index (χ0n) is 14.0. The second-order valence-corrected chi connectivity index (χ2v) is 4.66. The Hall–Kier alpha value is -3.02. The Morgan fingerprint density at radius 2 is 1.62 bits per heavy atom. The van der Waals surface area contributed by atoms with Crippen LogP contribution < -0.4 is 9.47 Å². The molecule has 1 N–H and O–H groups in total. The quantitative estimate of drug-likeness (QED) is 0.866. The molecular formula is C18H20O6. The van der Waals surface area contributed by atoms with Crippen molar-refractivity contribution in [2.75, 3.05) is 21.3 Å². The van der Waals surface area contributed by atoms with Crippen LogP contribution in [0.1, 0.15) is 26.3 Å². The Bertz CT molecular complexity index is 708. The van der Waals surface area contributed by atoms with Crippen molar-refractivity contribution in [2.45, 2.75) is 6.92 Å². The fourth-order valence-corrected chi connectivity index (χ4v) is 1.94. The van der Waals surface area contributed by atoms with Gasteiger partial charge in [-0.3, -0.25) is 0 Å². The molecular weight excluding hydrogens is 312 g/mol. The van der Waals surface area contributed by atoms with Gasteiger partial charge in [-0.1, -0.05) is 12.1 Å². The summed E-state index contributed by atoms with van der Waals surface area (Å²) < 4.78 is 14.5. The average molecular weight is 332 g/mol. The molecule has 0 aliphatic heterocycles.